The number of benzene rings is 2. The SMILES string of the molecule is Cc1cccc2c(=O)n(CC(=O)NCc3ccc(-c4ccc(F)cc4)o3)cnc12. The number of carbonyl (C=O) groups is 1. The Labute approximate surface area is 165 Å². The molecule has 0 radical (unpaired) electrons. The van der Waals surface area contributed by atoms with Gasteiger partial charge in [-0.3, -0.25) is 14.2 Å². The van der Waals surface area contributed by atoms with E-state index in [0.29, 0.717) is 22.4 Å². The number of carbonyl (C=O) groups excluding carboxylic acids is 1. The molecule has 146 valence electrons. The predicted molar refractivity (Wildman–Crippen MR) is 107 cm³/mol. The maximum absolute atomic E-state index is 13.0. The van der Waals surface area contributed by atoms with Gasteiger partial charge >= 0.3 is 0 Å². The van der Waals surface area contributed by atoms with E-state index in [2.05, 4.69) is 10.3 Å². The van der Waals surface area contributed by atoms with Gasteiger partial charge in [-0.05, 0) is 55.0 Å². The average Bonchev–Trinajstić information content (AvgIpc) is 3.19. The Hall–Kier alpha value is -3.74. The molecule has 0 atom stereocenters. The number of nitrogens with zero attached hydrogens (tertiary/aromatic N) is 2. The van der Waals surface area contributed by atoms with E-state index in [9.17, 15) is 14.0 Å². The number of hydrogen-bond acceptors (Lipinski definition) is 4. The van der Waals surface area contributed by atoms with Crippen LogP contribution in [0.2, 0.25) is 0 Å². The largest absolute Gasteiger partial charge is 0.459 e. The third-order valence-corrected chi connectivity index (χ3v) is 4.62. The van der Waals surface area contributed by atoms with Crippen LogP contribution in [-0.4, -0.2) is 15.5 Å². The fourth-order valence-electron chi connectivity index (χ4n) is 3.09. The highest BCUT2D eigenvalue weighted by molar-refractivity contribution is 5.81. The Morgan fingerprint density at radius 1 is 1.14 bits per heavy atom. The van der Waals surface area contributed by atoms with Crippen LogP contribution in [0, 0.1) is 12.7 Å². The molecule has 4 aromatic rings. The minimum absolute atomic E-state index is 0.138. The van der Waals surface area contributed by atoms with E-state index in [0.717, 1.165) is 11.1 Å². The number of fused-ring (bicyclic) bond motifs is 1. The summed E-state index contributed by atoms with van der Waals surface area (Å²) >= 11 is 0. The number of aryl methyl sites for hydroxylation is 1. The summed E-state index contributed by atoms with van der Waals surface area (Å²) in [4.78, 5) is 29.1. The molecule has 0 aliphatic rings. The number of para-hydroxylation sites is 1. The van der Waals surface area contributed by atoms with E-state index < -0.39 is 0 Å². The molecule has 7 heteroatoms. The Balaban J connectivity index is 1.42. The maximum Gasteiger partial charge on any atom is 0.261 e. The molecule has 0 unspecified atom stereocenters. The van der Waals surface area contributed by atoms with Gasteiger partial charge in [0.05, 0.1) is 23.8 Å². The molecule has 1 N–H and O–H groups in total. The quantitative estimate of drug-likeness (QED) is 0.566. The average molecular weight is 391 g/mol. The normalized spacial score (nSPS) is 11.0. The lowest BCUT2D eigenvalue weighted by Gasteiger charge is -2.08. The van der Waals surface area contributed by atoms with Gasteiger partial charge in [-0.25, -0.2) is 9.37 Å². The molecule has 29 heavy (non-hydrogen) atoms. The topological polar surface area (TPSA) is 77.1 Å². The second kappa shape index (κ2) is 7.71. The predicted octanol–water partition coefficient (Wildman–Crippen LogP) is 3.42. The molecule has 0 spiro atoms. The van der Waals surface area contributed by atoms with Gasteiger partial charge < -0.3 is 9.73 Å². The van der Waals surface area contributed by atoms with Gasteiger partial charge in [0.15, 0.2) is 0 Å². The first-order valence-electron chi connectivity index (χ1n) is 9.07. The summed E-state index contributed by atoms with van der Waals surface area (Å²) in [7, 11) is 0. The molecule has 2 aromatic carbocycles. The maximum atomic E-state index is 13.0. The zero-order chi connectivity index (χ0) is 20.4. The summed E-state index contributed by atoms with van der Waals surface area (Å²) in [6, 6.07) is 14.8. The van der Waals surface area contributed by atoms with E-state index >= 15 is 0 Å². The third kappa shape index (κ3) is 3.94. The van der Waals surface area contributed by atoms with Crippen molar-refractivity contribution in [2.24, 2.45) is 0 Å². The molecule has 6 nitrogen and oxygen atoms in total. The van der Waals surface area contributed by atoms with Gasteiger partial charge in [-0.1, -0.05) is 12.1 Å². The summed E-state index contributed by atoms with van der Waals surface area (Å²) in [6.07, 6.45) is 1.39. The smallest absolute Gasteiger partial charge is 0.261 e. The van der Waals surface area contributed by atoms with Gasteiger partial charge in [0.25, 0.3) is 5.56 Å². The van der Waals surface area contributed by atoms with Crippen molar-refractivity contribution in [3.63, 3.8) is 0 Å². The molecule has 0 aliphatic carbocycles. The van der Waals surface area contributed by atoms with Crippen LogP contribution in [0.25, 0.3) is 22.2 Å². The first kappa shape index (κ1) is 18.6. The van der Waals surface area contributed by atoms with Crippen molar-refractivity contribution in [2.45, 2.75) is 20.0 Å². The second-order valence-electron chi connectivity index (χ2n) is 6.70. The van der Waals surface area contributed by atoms with Crippen LogP contribution in [-0.2, 0) is 17.9 Å². The lowest BCUT2D eigenvalue weighted by atomic mass is 10.1. The van der Waals surface area contributed by atoms with Crippen LogP contribution in [0.1, 0.15) is 11.3 Å². The molecule has 2 aromatic heterocycles. The summed E-state index contributed by atoms with van der Waals surface area (Å²) < 4.78 is 20.0. The van der Waals surface area contributed by atoms with Crippen molar-refractivity contribution in [1.29, 1.82) is 0 Å². The number of aromatic nitrogens is 2. The first-order valence-corrected chi connectivity index (χ1v) is 9.07. The van der Waals surface area contributed by atoms with Gasteiger partial charge in [0, 0.05) is 5.56 Å². The lowest BCUT2D eigenvalue weighted by Crippen LogP contribution is -2.32. The van der Waals surface area contributed by atoms with E-state index in [1.165, 1.54) is 23.0 Å². The number of nitrogens with one attached hydrogen (secondary N) is 1. The summed E-state index contributed by atoms with van der Waals surface area (Å²) in [5.41, 5.74) is 2.03. The second-order valence-corrected chi connectivity index (χ2v) is 6.70. The van der Waals surface area contributed by atoms with Crippen molar-refractivity contribution in [1.82, 2.24) is 14.9 Å². The van der Waals surface area contributed by atoms with Crippen LogP contribution in [0.5, 0.6) is 0 Å². The molecule has 0 bridgehead atoms. The van der Waals surface area contributed by atoms with E-state index in [1.807, 2.05) is 13.0 Å². The number of halogens is 1. The van der Waals surface area contributed by atoms with Gasteiger partial charge in [0.1, 0.15) is 23.9 Å². The molecule has 0 fully saturated rings. The fraction of sp³-hybridized carbons (Fsp3) is 0.136. The van der Waals surface area contributed by atoms with Crippen LogP contribution < -0.4 is 10.9 Å². The third-order valence-electron chi connectivity index (χ3n) is 4.62. The standard InChI is InChI=1S/C22H18FN3O3/c1-14-3-2-4-18-21(14)25-13-26(22(18)28)12-20(27)24-11-17-9-10-19(29-17)15-5-7-16(23)8-6-15/h2-10,13H,11-12H2,1H3,(H,24,27). The van der Waals surface area contributed by atoms with E-state index in [-0.39, 0.29) is 30.4 Å². The molecular formula is C22H18FN3O3. The number of rotatable bonds is 5. The Morgan fingerprint density at radius 2 is 1.93 bits per heavy atom. The molecular weight excluding hydrogens is 373 g/mol. The molecule has 4 rings (SSSR count). The van der Waals surface area contributed by atoms with E-state index in [1.54, 1.807) is 36.4 Å². The van der Waals surface area contributed by atoms with Gasteiger partial charge in [0.2, 0.25) is 5.91 Å². The highest BCUT2D eigenvalue weighted by Gasteiger charge is 2.10. The van der Waals surface area contributed by atoms with Crippen LogP contribution in [0.3, 0.4) is 0 Å². The molecule has 0 saturated heterocycles. The number of amides is 1. The van der Waals surface area contributed by atoms with Crippen molar-refractivity contribution in [3.8, 4) is 11.3 Å². The van der Waals surface area contributed by atoms with Gasteiger partial charge in [-0.15, -0.1) is 0 Å². The Bertz CT molecular complexity index is 1240. The zero-order valence-electron chi connectivity index (χ0n) is 15.7. The number of hydrogen-bond donors (Lipinski definition) is 1. The van der Waals surface area contributed by atoms with Crippen molar-refractivity contribution in [2.75, 3.05) is 0 Å². The Kier molecular flexibility index (Phi) is 4.95. The van der Waals surface area contributed by atoms with E-state index in [4.69, 9.17) is 4.42 Å². The Morgan fingerprint density at radius 3 is 2.72 bits per heavy atom. The summed E-state index contributed by atoms with van der Waals surface area (Å²) in [6.45, 7) is 1.92. The molecule has 2 heterocycles. The van der Waals surface area contributed by atoms with Crippen LogP contribution in [0.4, 0.5) is 4.39 Å². The molecule has 1 amide bonds. The van der Waals surface area contributed by atoms with Crippen LogP contribution >= 0.6 is 0 Å². The summed E-state index contributed by atoms with van der Waals surface area (Å²) in [5, 5.41) is 3.21. The van der Waals surface area contributed by atoms with Crippen molar-refractivity contribution in [3.05, 3.63) is 88.4 Å². The minimum Gasteiger partial charge on any atom is -0.459 e. The monoisotopic (exact) mass is 391 g/mol. The lowest BCUT2D eigenvalue weighted by molar-refractivity contribution is -0.122. The first-order chi connectivity index (χ1) is 14.0. The highest BCUT2D eigenvalue weighted by atomic mass is 19.1. The van der Waals surface area contributed by atoms with Crippen LogP contribution in [0.15, 0.2) is 70.1 Å². The summed E-state index contributed by atoms with van der Waals surface area (Å²) in [5.74, 6) is 0.485. The molecule has 0 aliphatic heterocycles. The van der Waals surface area contributed by atoms with Crippen molar-refractivity contribution < 1.29 is 13.6 Å². The fourth-order valence-corrected chi connectivity index (χ4v) is 3.09. The highest BCUT2D eigenvalue weighted by Crippen LogP contribution is 2.22. The number of furan rings is 1. The molecule has 0 saturated carbocycles. The van der Waals surface area contributed by atoms with Crippen molar-refractivity contribution >= 4 is 16.8 Å². The minimum atomic E-state index is -0.333. The zero-order valence-corrected chi connectivity index (χ0v) is 15.7. The van der Waals surface area contributed by atoms with Gasteiger partial charge in [-0.2, -0.15) is 0 Å².